The Balaban J connectivity index is 1.20. The van der Waals surface area contributed by atoms with Gasteiger partial charge in [-0.15, -0.1) is 0 Å². The Labute approximate surface area is 216 Å². The van der Waals surface area contributed by atoms with Crippen molar-refractivity contribution in [2.24, 2.45) is 17.8 Å². The number of rotatable bonds is 6. The van der Waals surface area contributed by atoms with E-state index in [0.29, 0.717) is 23.3 Å². The lowest BCUT2D eigenvalue weighted by molar-refractivity contribution is -0.139. The second-order valence-electron chi connectivity index (χ2n) is 10.4. The molecular weight excluding hydrogens is 494 g/mol. The maximum Gasteiger partial charge on any atom is 0.387 e. The Hall–Kier alpha value is -3.92. The highest BCUT2D eigenvalue weighted by molar-refractivity contribution is 5.74. The van der Waals surface area contributed by atoms with Gasteiger partial charge in [-0.2, -0.15) is 8.78 Å². The Bertz CT molecular complexity index is 1540. The number of halogens is 2. The van der Waals surface area contributed by atoms with Gasteiger partial charge in [-0.25, -0.2) is 15.0 Å². The fourth-order valence-corrected chi connectivity index (χ4v) is 6.65. The van der Waals surface area contributed by atoms with E-state index >= 15 is 0 Å². The van der Waals surface area contributed by atoms with Crippen LogP contribution < -0.4 is 4.74 Å². The van der Waals surface area contributed by atoms with Gasteiger partial charge >= 0.3 is 12.6 Å². The third-order valence-electron chi connectivity index (χ3n) is 8.40. The molecule has 0 bridgehead atoms. The zero-order chi connectivity index (χ0) is 26.1. The Morgan fingerprint density at radius 2 is 1.76 bits per heavy atom. The number of imidazole rings is 1. The average molecular weight is 519 g/mol. The lowest BCUT2D eigenvalue weighted by Gasteiger charge is -2.17. The first-order valence-electron chi connectivity index (χ1n) is 12.7. The maximum atomic E-state index is 13.1. The number of ether oxygens (including phenoxy) is 1. The number of hydrogen-bond acceptors (Lipinski definition) is 6. The fourth-order valence-electron chi connectivity index (χ4n) is 6.65. The quantitative estimate of drug-likeness (QED) is 0.378. The van der Waals surface area contributed by atoms with Crippen LogP contribution in [0.1, 0.15) is 60.0 Å². The van der Waals surface area contributed by atoms with Crippen LogP contribution in [0.3, 0.4) is 0 Å². The molecule has 10 heteroatoms. The number of para-hydroxylation sites is 1. The second-order valence-corrected chi connectivity index (χ2v) is 10.4. The van der Waals surface area contributed by atoms with E-state index in [2.05, 4.69) is 15.0 Å². The predicted octanol–water partition coefficient (Wildman–Crippen LogP) is 4.79. The van der Waals surface area contributed by atoms with Gasteiger partial charge in [0.2, 0.25) is 0 Å². The zero-order valence-corrected chi connectivity index (χ0v) is 20.1. The lowest BCUT2D eigenvalue weighted by atomic mass is 9.95. The van der Waals surface area contributed by atoms with Crippen LogP contribution in [-0.2, 0) is 4.79 Å². The van der Waals surface area contributed by atoms with Crippen molar-refractivity contribution in [3.63, 3.8) is 0 Å². The normalized spacial score (nSPS) is 27.5. The fraction of sp³-hybridized carbons (Fsp3) is 0.357. The van der Waals surface area contributed by atoms with E-state index in [9.17, 15) is 23.8 Å². The van der Waals surface area contributed by atoms with Crippen molar-refractivity contribution >= 4 is 11.6 Å². The van der Waals surface area contributed by atoms with E-state index in [-0.39, 0.29) is 35.3 Å². The average Bonchev–Trinajstić information content (AvgIpc) is 3.19. The summed E-state index contributed by atoms with van der Waals surface area (Å²) >= 11 is 0. The van der Waals surface area contributed by atoms with E-state index in [1.54, 1.807) is 30.6 Å². The summed E-state index contributed by atoms with van der Waals surface area (Å²) in [5.41, 5.74) is 4.15. The molecule has 4 aromatic rings. The molecule has 3 aliphatic rings. The molecule has 2 saturated carbocycles. The molecule has 194 valence electrons. The van der Waals surface area contributed by atoms with E-state index in [1.807, 2.05) is 22.7 Å². The van der Waals surface area contributed by atoms with Gasteiger partial charge in [0.15, 0.2) is 0 Å². The van der Waals surface area contributed by atoms with Crippen molar-refractivity contribution in [3.05, 3.63) is 77.8 Å². The molecule has 2 fully saturated rings. The van der Waals surface area contributed by atoms with E-state index < -0.39 is 18.7 Å². The third-order valence-corrected chi connectivity index (χ3v) is 8.40. The van der Waals surface area contributed by atoms with Gasteiger partial charge in [-0.3, -0.25) is 4.79 Å². The Kier molecular flexibility index (Phi) is 5.23. The number of carbonyl (C=O) groups is 1. The van der Waals surface area contributed by atoms with E-state index in [1.165, 1.54) is 6.07 Å². The van der Waals surface area contributed by atoms with Crippen LogP contribution in [0.2, 0.25) is 0 Å². The standard InChI is InChI=1S/C28H24F2N4O4/c29-28(30)38-21-4-2-1-3-16(21)19-9-20(35)24-25(19)34-12-13(5-6-22(34)33-24)15-10-31-26(32-11-15)14-7-17-18(8-14)23(17)27(36)37/h1-6,10-12,14,17-20,23,28,35H,7-9H2,(H,36,37)/t14-,17-,18+,19-,20-,23+/m1/s1. The molecule has 3 aliphatic carbocycles. The topological polar surface area (TPSA) is 110 Å². The van der Waals surface area contributed by atoms with Crippen LogP contribution in [0.25, 0.3) is 16.8 Å². The molecule has 38 heavy (non-hydrogen) atoms. The molecule has 1 aromatic carbocycles. The predicted molar refractivity (Wildman–Crippen MR) is 131 cm³/mol. The largest absolute Gasteiger partial charge is 0.481 e. The highest BCUT2D eigenvalue weighted by atomic mass is 19.3. The summed E-state index contributed by atoms with van der Waals surface area (Å²) in [6.07, 6.45) is 6.58. The minimum atomic E-state index is -2.95. The molecule has 0 spiro atoms. The molecule has 7 rings (SSSR count). The highest BCUT2D eigenvalue weighted by Crippen LogP contribution is 2.61. The number of alkyl halides is 2. The molecule has 2 N–H and O–H groups in total. The van der Waals surface area contributed by atoms with Gasteiger partial charge in [0.25, 0.3) is 0 Å². The molecule has 0 amide bonds. The first-order valence-corrected chi connectivity index (χ1v) is 12.7. The maximum absolute atomic E-state index is 13.1. The zero-order valence-electron chi connectivity index (χ0n) is 20.1. The van der Waals surface area contributed by atoms with Crippen molar-refractivity contribution in [2.75, 3.05) is 0 Å². The van der Waals surface area contributed by atoms with E-state index in [0.717, 1.165) is 35.5 Å². The van der Waals surface area contributed by atoms with Gasteiger partial charge in [0.05, 0.1) is 23.4 Å². The Morgan fingerprint density at radius 1 is 1.03 bits per heavy atom. The highest BCUT2D eigenvalue weighted by Gasteiger charge is 2.60. The third kappa shape index (κ3) is 3.65. The number of fused-ring (bicyclic) bond motifs is 4. The molecule has 8 nitrogen and oxygen atoms in total. The number of pyridine rings is 1. The van der Waals surface area contributed by atoms with Gasteiger partial charge < -0.3 is 19.4 Å². The first kappa shape index (κ1) is 23.2. The van der Waals surface area contributed by atoms with Crippen molar-refractivity contribution in [2.45, 2.75) is 43.8 Å². The SMILES string of the molecule is O=C(O)[C@H]1[C@@H]2C[C@@H](c3ncc(-c4ccc5nc6c(n5c4)[C@@H](c4ccccc4OC(F)F)C[C@H]6O)cn3)C[C@@H]21. The summed E-state index contributed by atoms with van der Waals surface area (Å²) in [5, 5.41) is 20.0. The van der Waals surface area contributed by atoms with Gasteiger partial charge in [-0.1, -0.05) is 18.2 Å². The molecule has 0 unspecified atom stereocenters. The first-order chi connectivity index (χ1) is 18.4. The monoisotopic (exact) mass is 518 g/mol. The molecule has 3 heterocycles. The minimum Gasteiger partial charge on any atom is -0.481 e. The van der Waals surface area contributed by atoms with Crippen molar-refractivity contribution in [3.8, 4) is 16.9 Å². The molecule has 0 aliphatic heterocycles. The number of aromatic nitrogens is 4. The smallest absolute Gasteiger partial charge is 0.387 e. The van der Waals surface area contributed by atoms with Crippen molar-refractivity contribution in [1.29, 1.82) is 0 Å². The number of carboxylic acid groups (broad SMARTS) is 1. The lowest BCUT2D eigenvalue weighted by Crippen LogP contribution is -2.09. The summed E-state index contributed by atoms with van der Waals surface area (Å²) in [7, 11) is 0. The molecule has 3 aromatic heterocycles. The number of aliphatic hydroxyl groups is 1. The van der Waals surface area contributed by atoms with Crippen molar-refractivity contribution in [1.82, 2.24) is 19.4 Å². The summed E-state index contributed by atoms with van der Waals surface area (Å²) < 4.78 is 32.8. The summed E-state index contributed by atoms with van der Waals surface area (Å²) in [6.45, 7) is -2.95. The van der Waals surface area contributed by atoms with Gasteiger partial charge in [-0.05, 0) is 49.3 Å². The molecule has 6 atom stereocenters. The summed E-state index contributed by atoms with van der Waals surface area (Å²) in [6, 6.07) is 10.4. The molecule has 0 radical (unpaired) electrons. The molecule has 0 saturated heterocycles. The minimum absolute atomic E-state index is 0.0851. The number of hydrogen-bond donors (Lipinski definition) is 2. The van der Waals surface area contributed by atoms with Crippen LogP contribution in [0, 0.1) is 17.8 Å². The van der Waals surface area contributed by atoms with Crippen LogP contribution in [0.4, 0.5) is 8.78 Å². The van der Waals surface area contributed by atoms with Crippen molar-refractivity contribution < 1.29 is 28.5 Å². The van der Waals surface area contributed by atoms with Crippen LogP contribution >= 0.6 is 0 Å². The van der Waals surface area contributed by atoms with Gasteiger partial charge in [0, 0.05) is 47.1 Å². The second kappa shape index (κ2) is 8.56. The van der Waals surface area contributed by atoms with Crippen LogP contribution in [-0.4, -0.2) is 42.1 Å². The van der Waals surface area contributed by atoms with E-state index in [4.69, 9.17) is 4.74 Å². The number of aliphatic carboxylic acids is 1. The van der Waals surface area contributed by atoms with Gasteiger partial charge in [0.1, 0.15) is 17.2 Å². The number of aliphatic hydroxyl groups excluding tert-OH is 1. The number of nitrogens with zero attached hydrogens (tertiary/aromatic N) is 4. The Morgan fingerprint density at radius 3 is 2.47 bits per heavy atom. The number of carboxylic acids is 1. The van der Waals surface area contributed by atoms with Crippen LogP contribution in [0.15, 0.2) is 55.0 Å². The number of benzene rings is 1. The van der Waals surface area contributed by atoms with Crippen LogP contribution in [0.5, 0.6) is 5.75 Å². The summed E-state index contributed by atoms with van der Waals surface area (Å²) in [5.74, 6) is 0.225. The molecular formula is C28H24F2N4O4. The summed E-state index contributed by atoms with van der Waals surface area (Å²) in [4.78, 5) is 25.1.